The maximum Gasteiger partial charge on any atom is 0.312 e. The van der Waals surface area contributed by atoms with E-state index in [9.17, 15) is 4.79 Å². The molecule has 3 N–H and O–H groups in total. The number of nitrogens with zero attached hydrogens (tertiary/aromatic N) is 2. The molecule has 6 nitrogen and oxygen atoms in total. The number of carbonyl (C=O) groups is 1. The van der Waals surface area contributed by atoms with Crippen LogP contribution in [0.3, 0.4) is 0 Å². The molecule has 31 heavy (non-hydrogen) atoms. The first-order valence-corrected chi connectivity index (χ1v) is 11.8. The van der Waals surface area contributed by atoms with Crippen LogP contribution in [0.4, 0.5) is 4.79 Å². The summed E-state index contributed by atoms with van der Waals surface area (Å²) in [7, 11) is 0. The molecule has 0 spiro atoms. The average molecular weight is 437 g/mol. The summed E-state index contributed by atoms with van der Waals surface area (Å²) in [5.74, 6) is 0.818. The Hall–Kier alpha value is -2.64. The summed E-state index contributed by atoms with van der Waals surface area (Å²) in [5.41, 5.74) is 8.83. The maximum absolute atomic E-state index is 11.2. The number of benzene rings is 2. The molecule has 2 amide bonds. The molecule has 0 radical (unpaired) electrons. The zero-order valence-electron chi connectivity index (χ0n) is 17.7. The van der Waals surface area contributed by atoms with Crippen molar-refractivity contribution >= 4 is 27.6 Å². The molecule has 2 bridgehead atoms. The fraction of sp³-hybridized carbons (Fsp3) is 0.417. The van der Waals surface area contributed by atoms with Crippen LogP contribution in [0, 0.1) is 6.92 Å². The molecule has 2 saturated heterocycles. The number of urea groups is 1. The molecule has 2 aliphatic heterocycles. The lowest BCUT2D eigenvalue weighted by atomic mass is 9.96. The molecule has 2 aliphatic rings. The van der Waals surface area contributed by atoms with Gasteiger partial charge < -0.3 is 15.8 Å². The molecule has 162 valence electrons. The fourth-order valence-corrected chi connectivity index (χ4v) is 6.03. The number of nitrogens with two attached hydrogens (primary N) is 1. The van der Waals surface area contributed by atoms with Crippen LogP contribution in [0.2, 0.25) is 0 Å². The van der Waals surface area contributed by atoms with E-state index in [1.165, 1.54) is 24.0 Å². The zero-order chi connectivity index (χ0) is 21.4. The standard InChI is InChI=1S/C24H28N4O2S/c1-15-2-9-21-22(12-15)31-24(27-21)30-20-7-3-16(4-8-20)10-11-28-18-5-6-19(28)14-17(13-18)26-23(25)29/h2-4,7-9,12,17-19H,5-6,10-11,13-14H2,1H3,(H3,25,26,29)/t17?,18-,19+. The number of primary amides is 1. The lowest BCUT2D eigenvalue weighted by molar-refractivity contribution is 0.121. The number of aryl methyl sites for hydroxylation is 1. The molecule has 3 aromatic rings. The Morgan fingerprint density at radius 2 is 1.94 bits per heavy atom. The predicted molar refractivity (Wildman–Crippen MR) is 124 cm³/mol. The molecule has 5 rings (SSSR count). The van der Waals surface area contributed by atoms with Crippen LogP contribution in [-0.4, -0.2) is 40.6 Å². The minimum absolute atomic E-state index is 0.231. The second-order valence-electron chi connectivity index (χ2n) is 8.75. The van der Waals surface area contributed by atoms with Crippen LogP contribution < -0.4 is 15.8 Å². The van der Waals surface area contributed by atoms with Gasteiger partial charge in [-0.3, -0.25) is 4.90 Å². The monoisotopic (exact) mass is 436 g/mol. The number of hydrogen-bond donors (Lipinski definition) is 2. The first kappa shape index (κ1) is 20.3. The number of piperidine rings is 1. The largest absolute Gasteiger partial charge is 0.431 e. The van der Waals surface area contributed by atoms with Crippen LogP contribution in [0.5, 0.6) is 10.9 Å². The van der Waals surface area contributed by atoms with E-state index in [2.05, 4.69) is 46.4 Å². The van der Waals surface area contributed by atoms with Crippen molar-refractivity contribution in [3.8, 4) is 10.9 Å². The first-order valence-electron chi connectivity index (χ1n) is 11.0. The van der Waals surface area contributed by atoms with E-state index in [-0.39, 0.29) is 6.04 Å². The molecule has 1 aromatic heterocycles. The van der Waals surface area contributed by atoms with Crippen molar-refractivity contribution in [2.75, 3.05) is 6.54 Å². The molecule has 3 atom stereocenters. The summed E-state index contributed by atoms with van der Waals surface area (Å²) in [4.78, 5) is 18.4. The van der Waals surface area contributed by atoms with Crippen molar-refractivity contribution in [3.63, 3.8) is 0 Å². The Balaban J connectivity index is 1.17. The van der Waals surface area contributed by atoms with Crippen LogP contribution in [-0.2, 0) is 6.42 Å². The highest BCUT2D eigenvalue weighted by atomic mass is 32.1. The molecule has 3 heterocycles. The molecular formula is C24H28N4O2S. The topological polar surface area (TPSA) is 80.5 Å². The third-order valence-corrected chi connectivity index (χ3v) is 7.44. The summed E-state index contributed by atoms with van der Waals surface area (Å²) < 4.78 is 7.14. The summed E-state index contributed by atoms with van der Waals surface area (Å²) in [6.07, 6.45) is 5.47. The fourth-order valence-electron chi connectivity index (χ4n) is 5.10. The summed E-state index contributed by atoms with van der Waals surface area (Å²) in [6.45, 7) is 3.14. The number of rotatable bonds is 6. The molecule has 0 saturated carbocycles. The Labute approximate surface area is 186 Å². The van der Waals surface area contributed by atoms with E-state index in [0.717, 1.165) is 41.8 Å². The van der Waals surface area contributed by atoms with Gasteiger partial charge in [0.2, 0.25) is 0 Å². The van der Waals surface area contributed by atoms with E-state index in [1.54, 1.807) is 11.3 Å². The predicted octanol–water partition coefficient (Wildman–Crippen LogP) is 4.60. The summed E-state index contributed by atoms with van der Waals surface area (Å²) in [6, 6.07) is 15.6. The normalized spacial score (nSPS) is 23.2. The second-order valence-corrected chi connectivity index (χ2v) is 9.74. The number of amides is 2. The van der Waals surface area contributed by atoms with Gasteiger partial charge in [0.25, 0.3) is 5.19 Å². The highest BCUT2D eigenvalue weighted by Gasteiger charge is 2.40. The smallest absolute Gasteiger partial charge is 0.312 e. The highest BCUT2D eigenvalue weighted by Crippen LogP contribution is 2.36. The molecule has 1 unspecified atom stereocenters. The van der Waals surface area contributed by atoms with Gasteiger partial charge in [0.05, 0.1) is 10.2 Å². The van der Waals surface area contributed by atoms with Gasteiger partial charge in [-0.1, -0.05) is 29.5 Å². The van der Waals surface area contributed by atoms with Gasteiger partial charge in [0.15, 0.2) is 0 Å². The first-order chi connectivity index (χ1) is 15.0. The van der Waals surface area contributed by atoms with Gasteiger partial charge in [0, 0.05) is 24.7 Å². The number of fused-ring (bicyclic) bond motifs is 3. The number of carbonyl (C=O) groups excluding carboxylic acids is 1. The van der Waals surface area contributed by atoms with Crippen LogP contribution in [0.15, 0.2) is 42.5 Å². The number of ether oxygens (including phenoxy) is 1. The summed E-state index contributed by atoms with van der Waals surface area (Å²) >= 11 is 1.58. The van der Waals surface area contributed by atoms with Crippen molar-refractivity contribution in [2.24, 2.45) is 5.73 Å². The molecule has 0 aliphatic carbocycles. The van der Waals surface area contributed by atoms with E-state index < -0.39 is 6.03 Å². The number of aromatic nitrogens is 1. The van der Waals surface area contributed by atoms with E-state index in [4.69, 9.17) is 10.5 Å². The summed E-state index contributed by atoms with van der Waals surface area (Å²) in [5, 5.41) is 3.59. The van der Waals surface area contributed by atoms with Crippen molar-refractivity contribution in [1.82, 2.24) is 15.2 Å². The lowest BCUT2D eigenvalue weighted by Crippen LogP contribution is -2.51. The van der Waals surface area contributed by atoms with Gasteiger partial charge in [-0.15, -0.1) is 0 Å². The van der Waals surface area contributed by atoms with Gasteiger partial charge >= 0.3 is 6.03 Å². The second kappa shape index (κ2) is 8.48. The van der Waals surface area contributed by atoms with Gasteiger partial charge in [-0.05, 0) is 74.4 Å². The van der Waals surface area contributed by atoms with E-state index >= 15 is 0 Å². The van der Waals surface area contributed by atoms with E-state index in [0.29, 0.717) is 17.3 Å². The van der Waals surface area contributed by atoms with Gasteiger partial charge in [-0.25, -0.2) is 9.78 Å². The minimum atomic E-state index is -0.402. The molecular weight excluding hydrogens is 408 g/mol. The minimum Gasteiger partial charge on any atom is -0.431 e. The highest BCUT2D eigenvalue weighted by molar-refractivity contribution is 7.20. The van der Waals surface area contributed by atoms with Gasteiger partial charge in [-0.2, -0.15) is 0 Å². The molecule has 2 fully saturated rings. The Kier molecular flexibility index (Phi) is 5.54. The zero-order valence-corrected chi connectivity index (χ0v) is 18.5. The average Bonchev–Trinajstić information content (AvgIpc) is 3.23. The van der Waals surface area contributed by atoms with Crippen molar-refractivity contribution in [2.45, 2.75) is 57.2 Å². The van der Waals surface area contributed by atoms with Crippen molar-refractivity contribution < 1.29 is 9.53 Å². The number of thiazole rings is 1. The maximum atomic E-state index is 11.2. The van der Waals surface area contributed by atoms with Crippen LogP contribution in [0.1, 0.15) is 36.8 Å². The number of nitrogens with one attached hydrogen (secondary N) is 1. The Morgan fingerprint density at radius 3 is 2.65 bits per heavy atom. The van der Waals surface area contributed by atoms with Crippen LogP contribution >= 0.6 is 11.3 Å². The Morgan fingerprint density at radius 1 is 1.19 bits per heavy atom. The van der Waals surface area contributed by atoms with Crippen molar-refractivity contribution in [1.29, 1.82) is 0 Å². The van der Waals surface area contributed by atoms with Crippen molar-refractivity contribution in [3.05, 3.63) is 53.6 Å². The molecule has 2 aromatic carbocycles. The molecule has 7 heteroatoms. The lowest BCUT2D eigenvalue weighted by Gasteiger charge is -2.39. The van der Waals surface area contributed by atoms with Crippen LogP contribution in [0.25, 0.3) is 10.2 Å². The SMILES string of the molecule is Cc1ccc2nc(Oc3ccc(CCN4[C@@H]5CC[C@H]4CC(NC(N)=O)C5)cc3)sc2c1. The quantitative estimate of drug-likeness (QED) is 0.592. The third-order valence-electron chi connectivity index (χ3n) is 6.54. The Bertz CT molecular complexity index is 1070. The van der Waals surface area contributed by atoms with E-state index in [1.807, 2.05) is 18.2 Å². The number of hydrogen-bond acceptors (Lipinski definition) is 5. The van der Waals surface area contributed by atoms with Gasteiger partial charge in [0.1, 0.15) is 5.75 Å². The third kappa shape index (κ3) is 4.52.